The Hall–Kier alpha value is -0.180. The second-order valence-corrected chi connectivity index (χ2v) is 6.29. The molecule has 86 valence electrons. The molecule has 0 saturated carbocycles. The zero-order valence-corrected chi connectivity index (χ0v) is 9.82. The minimum Gasteiger partial charge on any atom is -0.317 e. The molecule has 1 fully saturated rings. The topological polar surface area (TPSA) is 89.5 Å². The van der Waals surface area contributed by atoms with Crippen LogP contribution in [0.15, 0.2) is 0 Å². The molecule has 0 atom stereocenters. The summed E-state index contributed by atoms with van der Waals surface area (Å²) in [5, 5.41) is 3.22. The SMILES string of the molecule is C1CCNC1.CS(=O)(=O)OS(C)(=O)=O. The molecule has 1 saturated heterocycles. The van der Waals surface area contributed by atoms with Gasteiger partial charge in [-0.05, 0) is 25.9 Å². The van der Waals surface area contributed by atoms with E-state index in [1.807, 2.05) is 0 Å². The molecule has 14 heavy (non-hydrogen) atoms. The molecule has 1 heterocycles. The Morgan fingerprint density at radius 1 is 0.929 bits per heavy atom. The Labute approximate surface area is 84.9 Å². The molecule has 0 bridgehead atoms. The van der Waals surface area contributed by atoms with Crippen molar-refractivity contribution >= 4 is 20.2 Å². The van der Waals surface area contributed by atoms with Crippen LogP contribution in [-0.2, 0) is 23.9 Å². The highest BCUT2D eigenvalue weighted by atomic mass is 32.3. The van der Waals surface area contributed by atoms with Crippen molar-refractivity contribution in [2.45, 2.75) is 12.8 Å². The molecule has 0 aromatic rings. The lowest BCUT2D eigenvalue weighted by Gasteiger charge is -1.92. The fourth-order valence-corrected chi connectivity index (χ4v) is 2.65. The standard InChI is InChI=1S/C4H9N.C2H6O5S2/c1-2-4-5-3-1;1-8(3,4)7-9(2,5)6/h5H,1-4H2;1-2H3. The highest BCUT2D eigenvalue weighted by molar-refractivity contribution is 7.99. The summed E-state index contributed by atoms with van der Waals surface area (Å²) in [4.78, 5) is 0. The summed E-state index contributed by atoms with van der Waals surface area (Å²) in [5.41, 5.74) is 0. The van der Waals surface area contributed by atoms with Crippen molar-refractivity contribution in [3.05, 3.63) is 0 Å². The van der Waals surface area contributed by atoms with Gasteiger partial charge in [0.2, 0.25) is 0 Å². The summed E-state index contributed by atoms with van der Waals surface area (Å²) < 4.78 is 43.8. The predicted molar refractivity (Wildman–Crippen MR) is 52.9 cm³/mol. The number of hydrogen-bond acceptors (Lipinski definition) is 6. The van der Waals surface area contributed by atoms with Gasteiger partial charge in [0.05, 0.1) is 12.5 Å². The van der Waals surface area contributed by atoms with Gasteiger partial charge in [0.25, 0.3) is 20.2 Å². The van der Waals surface area contributed by atoms with E-state index >= 15 is 0 Å². The summed E-state index contributed by atoms with van der Waals surface area (Å²) in [5.74, 6) is 0. The maximum Gasteiger partial charge on any atom is 0.278 e. The van der Waals surface area contributed by atoms with Crippen LogP contribution in [0.25, 0.3) is 0 Å². The summed E-state index contributed by atoms with van der Waals surface area (Å²) in [6.45, 7) is 2.50. The molecule has 0 aromatic carbocycles. The molecular formula is C6H15NO5S2. The van der Waals surface area contributed by atoms with Gasteiger partial charge < -0.3 is 5.32 Å². The average molecular weight is 245 g/mol. The molecule has 0 spiro atoms. The van der Waals surface area contributed by atoms with Gasteiger partial charge in [0.15, 0.2) is 0 Å². The quantitative estimate of drug-likeness (QED) is 0.691. The third kappa shape index (κ3) is 11.8. The van der Waals surface area contributed by atoms with Crippen molar-refractivity contribution in [3.8, 4) is 0 Å². The summed E-state index contributed by atoms with van der Waals surface area (Å²) in [6, 6.07) is 0. The summed E-state index contributed by atoms with van der Waals surface area (Å²) >= 11 is 0. The molecule has 1 rings (SSSR count). The van der Waals surface area contributed by atoms with E-state index in [0.717, 1.165) is 0 Å². The zero-order valence-electron chi connectivity index (χ0n) is 8.19. The van der Waals surface area contributed by atoms with E-state index in [9.17, 15) is 16.8 Å². The average Bonchev–Trinajstić information content (AvgIpc) is 2.29. The fraction of sp³-hybridized carbons (Fsp3) is 1.00. The lowest BCUT2D eigenvalue weighted by Crippen LogP contribution is -2.09. The number of nitrogens with one attached hydrogen (secondary N) is 1. The number of hydrogen-bond donors (Lipinski definition) is 1. The largest absolute Gasteiger partial charge is 0.317 e. The van der Waals surface area contributed by atoms with Crippen LogP contribution in [0.1, 0.15) is 12.8 Å². The van der Waals surface area contributed by atoms with Gasteiger partial charge in [-0.15, -0.1) is 3.63 Å². The minimum absolute atomic E-state index is 0.661. The van der Waals surface area contributed by atoms with Crippen LogP contribution in [0.5, 0.6) is 0 Å². The van der Waals surface area contributed by atoms with Crippen LogP contribution in [0.4, 0.5) is 0 Å². The Morgan fingerprint density at radius 2 is 1.29 bits per heavy atom. The van der Waals surface area contributed by atoms with Crippen LogP contribution in [-0.4, -0.2) is 42.4 Å². The Bertz CT molecular complexity index is 303. The van der Waals surface area contributed by atoms with Gasteiger partial charge >= 0.3 is 0 Å². The van der Waals surface area contributed by atoms with Crippen LogP contribution in [0.3, 0.4) is 0 Å². The van der Waals surface area contributed by atoms with Crippen molar-refractivity contribution in [1.82, 2.24) is 5.32 Å². The first-order chi connectivity index (χ1) is 6.21. The van der Waals surface area contributed by atoms with E-state index in [1.54, 1.807) is 0 Å². The summed E-state index contributed by atoms with van der Waals surface area (Å²) in [7, 11) is -7.74. The molecule has 1 aliphatic rings. The van der Waals surface area contributed by atoms with E-state index in [-0.39, 0.29) is 0 Å². The molecule has 0 aliphatic carbocycles. The summed E-state index contributed by atoms with van der Waals surface area (Å²) in [6.07, 6.45) is 4.10. The van der Waals surface area contributed by atoms with Crippen molar-refractivity contribution in [3.63, 3.8) is 0 Å². The van der Waals surface area contributed by atoms with E-state index < -0.39 is 20.2 Å². The Morgan fingerprint density at radius 3 is 1.36 bits per heavy atom. The Kier molecular flexibility index (Phi) is 5.57. The lowest BCUT2D eigenvalue weighted by molar-refractivity contribution is 0.471. The van der Waals surface area contributed by atoms with Crippen molar-refractivity contribution < 1.29 is 20.5 Å². The van der Waals surface area contributed by atoms with Gasteiger partial charge in [-0.3, -0.25) is 0 Å². The van der Waals surface area contributed by atoms with Crippen molar-refractivity contribution in [2.24, 2.45) is 0 Å². The predicted octanol–water partition coefficient (Wildman–Crippen LogP) is -0.708. The van der Waals surface area contributed by atoms with E-state index in [1.165, 1.54) is 25.9 Å². The molecule has 0 aromatic heterocycles. The Balaban J connectivity index is 0.000000280. The van der Waals surface area contributed by atoms with Gasteiger partial charge in [-0.25, -0.2) is 0 Å². The first-order valence-corrected chi connectivity index (χ1v) is 7.66. The van der Waals surface area contributed by atoms with Gasteiger partial charge in [-0.1, -0.05) is 0 Å². The zero-order chi connectivity index (χ0) is 11.2. The van der Waals surface area contributed by atoms with Crippen molar-refractivity contribution in [2.75, 3.05) is 25.6 Å². The highest BCUT2D eigenvalue weighted by Gasteiger charge is 2.10. The first-order valence-electron chi connectivity index (χ1n) is 4.02. The van der Waals surface area contributed by atoms with E-state index in [2.05, 4.69) is 8.95 Å². The maximum atomic E-state index is 10.0. The van der Waals surface area contributed by atoms with Crippen LogP contribution >= 0.6 is 0 Å². The maximum absolute atomic E-state index is 10.0. The fourth-order valence-electron chi connectivity index (χ4n) is 0.850. The number of rotatable bonds is 2. The van der Waals surface area contributed by atoms with Gasteiger partial charge in [0.1, 0.15) is 0 Å². The molecule has 0 unspecified atom stereocenters. The van der Waals surface area contributed by atoms with Gasteiger partial charge in [-0.2, -0.15) is 16.8 Å². The molecule has 6 nitrogen and oxygen atoms in total. The van der Waals surface area contributed by atoms with Gasteiger partial charge in [0, 0.05) is 0 Å². The molecule has 0 radical (unpaired) electrons. The normalized spacial score (nSPS) is 17.3. The minimum atomic E-state index is -3.87. The molecule has 1 aliphatic heterocycles. The van der Waals surface area contributed by atoms with Crippen molar-refractivity contribution in [1.29, 1.82) is 0 Å². The highest BCUT2D eigenvalue weighted by Crippen LogP contribution is 1.92. The second kappa shape index (κ2) is 5.64. The molecule has 1 N–H and O–H groups in total. The van der Waals surface area contributed by atoms with E-state index in [4.69, 9.17) is 0 Å². The first kappa shape index (κ1) is 13.8. The molecule has 8 heteroatoms. The smallest absolute Gasteiger partial charge is 0.278 e. The van der Waals surface area contributed by atoms with Crippen LogP contribution < -0.4 is 5.32 Å². The van der Waals surface area contributed by atoms with E-state index in [0.29, 0.717) is 12.5 Å². The molecule has 0 amide bonds. The third-order valence-corrected chi connectivity index (χ3v) is 3.18. The second-order valence-electron chi connectivity index (χ2n) is 2.93. The monoisotopic (exact) mass is 245 g/mol. The lowest BCUT2D eigenvalue weighted by atomic mass is 10.4. The van der Waals surface area contributed by atoms with Crippen LogP contribution in [0, 0.1) is 0 Å². The third-order valence-electron chi connectivity index (χ3n) is 1.20. The molecular weight excluding hydrogens is 230 g/mol. The van der Waals surface area contributed by atoms with Crippen LogP contribution in [0.2, 0.25) is 0 Å².